The number of pyridine rings is 1. The molecule has 0 aliphatic carbocycles. The summed E-state index contributed by atoms with van der Waals surface area (Å²) in [4.78, 5) is 12.0. The monoisotopic (exact) mass is 269 g/mol. The molecule has 0 aromatic carbocycles. The Morgan fingerprint density at radius 1 is 1.16 bits per heavy atom. The largest absolute Gasteiger partial charge is 0.468 e. The van der Waals surface area contributed by atoms with Crippen molar-refractivity contribution in [2.45, 2.75) is 13.1 Å². The summed E-state index contributed by atoms with van der Waals surface area (Å²) in [7, 11) is 0. The summed E-state index contributed by atoms with van der Waals surface area (Å²) in [6.45, 7) is 0.439. The smallest absolute Gasteiger partial charge is 0.422 e. The Bertz CT molecular complexity index is 555. The van der Waals surface area contributed by atoms with Crippen LogP contribution in [0.1, 0.15) is 5.69 Å². The van der Waals surface area contributed by atoms with Crippen LogP contribution in [0, 0.1) is 6.92 Å². The minimum atomic E-state index is -4.37. The fourth-order valence-electron chi connectivity index (χ4n) is 1.38. The van der Waals surface area contributed by atoms with Gasteiger partial charge in [-0.05, 0) is 13.0 Å². The van der Waals surface area contributed by atoms with Gasteiger partial charge in [0, 0.05) is 24.0 Å². The predicted molar refractivity (Wildman–Crippen MR) is 61.6 cm³/mol. The van der Waals surface area contributed by atoms with Gasteiger partial charge in [-0.15, -0.1) is 0 Å². The van der Waals surface area contributed by atoms with Crippen molar-refractivity contribution < 1.29 is 17.9 Å². The number of hydrogen-bond donors (Lipinski definition) is 0. The Balaban J connectivity index is 2.10. The molecule has 0 saturated carbocycles. The molecule has 2 rings (SSSR count). The van der Waals surface area contributed by atoms with Gasteiger partial charge in [0.25, 0.3) is 0 Å². The second-order valence-electron chi connectivity index (χ2n) is 3.83. The fraction of sp³-hybridized carbons (Fsp3) is 0.250. The third-order valence-electron chi connectivity index (χ3n) is 2.17. The molecule has 0 aliphatic rings. The molecule has 0 spiro atoms. The van der Waals surface area contributed by atoms with Crippen LogP contribution in [0.4, 0.5) is 13.2 Å². The van der Waals surface area contributed by atoms with Gasteiger partial charge < -0.3 is 4.74 Å². The first-order valence-corrected chi connectivity index (χ1v) is 5.39. The van der Waals surface area contributed by atoms with Gasteiger partial charge >= 0.3 is 6.18 Å². The lowest BCUT2D eigenvalue weighted by Gasteiger charge is -2.08. The summed E-state index contributed by atoms with van der Waals surface area (Å²) in [5.41, 5.74) is 2.01. The minimum absolute atomic E-state index is 0.0818. The van der Waals surface area contributed by atoms with E-state index in [9.17, 15) is 13.2 Å². The molecule has 2 heterocycles. The number of halogens is 3. The van der Waals surface area contributed by atoms with Crippen molar-refractivity contribution in [3.05, 3.63) is 36.4 Å². The molecule has 0 fully saturated rings. The van der Waals surface area contributed by atoms with Crippen LogP contribution in [0.5, 0.6) is 5.88 Å². The highest BCUT2D eigenvalue weighted by atomic mass is 19.4. The molecule has 2 aromatic heterocycles. The number of aromatic nitrogens is 3. The van der Waals surface area contributed by atoms with E-state index in [0.29, 0.717) is 11.3 Å². The van der Waals surface area contributed by atoms with Crippen LogP contribution in [-0.4, -0.2) is 27.7 Å². The molecule has 4 nitrogen and oxygen atoms in total. The van der Waals surface area contributed by atoms with Crippen molar-refractivity contribution in [2.75, 3.05) is 6.61 Å². The number of nitrogens with zero attached hydrogens (tertiary/aromatic N) is 3. The molecule has 0 N–H and O–H groups in total. The molecule has 0 amide bonds. The van der Waals surface area contributed by atoms with Crippen molar-refractivity contribution in [2.24, 2.45) is 0 Å². The summed E-state index contributed by atoms with van der Waals surface area (Å²) in [5, 5.41) is 0. The van der Waals surface area contributed by atoms with Gasteiger partial charge in [-0.2, -0.15) is 13.2 Å². The number of hydrogen-bond acceptors (Lipinski definition) is 4. The summed E-state index contributed by atoms with van der Waals surface area (Å²) in [6.07, 6.45) is 0.190. The van der Waals surface area contributed by atoms with Crippen molar-refractivity contribution in [3.8, 4) is 17.1 Å². The highest BCUT2D eigenvalue weighted by molar-refractivity contribution is 5.57. The molecule has 0 atom stereocenters. The second-order valence-corrected chi connectivity index (χ2v) is 3.83. The average Bonchev–Trinajstić information content (AvgIpc) is 2.36. The molecule has 19 heavy (non-hydrogen) atoms. The third-order valence-corrected chi connectivity index (χ3v) is 2.17. The minimum Gasteiger partial charge on any atom is -0.468 e. The number of alkyl halides is 3. The SMILES string of the molecule is Cc1cncc(-c2ccc(OCC(F)(F)F)nc2)n1. The van der Waals surface area contributed by atoms with E-state index in [-0.39, 0.29) is 5.88 Å². The van der Waals surface area contributed by atoms with Crippen LogP contribution in [0.3, 0.4) is 0 Å². The zero-order chi connectivity index (χ0) is 13.9. The maximum atomic E-state index is 12.0. The topological polar surface area (TPSA) is 47.9 Å². The Morgan fingerprint density at radius 3 is 2.53 bits per heavy atom. The van der Waals surface area contributed by atoms with E-state index in [1.165, 1.54) is 12.3 Å². The summed E-state index contributed by atoms with van der Waals surface area (Å²) < 4.78 is 40.4. The lowest BCUT2D eigenvalue weighted by Crippen LogP contribution is -2.19. The molecule has 100 valence electrons. The maximum absolute atomic E-state index is 12.0. The molecule has 2 aromatic rings. The van der Waals surface area contributed by atoms with Crippen molar-refractivity contribution in [1.29, 1.82) is 0 Å². The quantitative estimate of drug-likeness (QED) is 0.859. The summed E-state index contributed by atoms with van der Waals surface area (Å²) in [5.74, 6) is -0.0818. The summed E-state index contributed by atoms with van der Waals surface area (Å²) >= 11 is 0. The Morgan fingerprint density at radius 2 is 1.95 bits per heavy atom. The van der Waals surface area contributed by atoms with E-state index in [1.54, 1.807) is 25.4 Å². The predicted octanol–water partition coefficient (Wildman–Crippen LogP) is 2.79. The normalized spacial score (nSPS) is 11.4. The van der Waals surface area contributed by atoms with Crippen LogP contribution in [0.25, 0.3) is 11.3 Å². The second kappa shape index (κ2) is 5.21. The van der Waals surface area contributed by atoms with E-state index in [4.69, 9.17) is 0 Å². The first-order valence-electron chi connectivity index (χ1n) is 5.39. The number of aryl methyl sites for hydroxylation is 1. The van der Waals surface area contributed by atoms with Crippen LogP contribution in [0.15, 0.2) is 30.7 Å². The van der Waals surface area contributed by atoms with Crippen molar-refractivity contribution in [1.82, 2.24) is 15.0 Å². The molecule has 0 radical (unpaired) electrons. The van der Waals surface area contributed by atoms with Gasteiger partial charge in [0.05, 0.1) is 17.6 Å². The summed E-state index contributed by atoms with van der Waals surface area (Å²) in [6, 6.07) is 2.95. The lowest BCUT2D eigenvalue weighted by molar-refractivity contribution is -0.154. The zero-order valence-electron chi connectivity index (χ0n) is 9.98. The fourth-order valence-corrected chi connectivity index (χ4v) is 1.38. The van der Waals surface area contributed by atoms with Crippen molar-refractivity contribution >= 4 is 0 Å². The van der Waals surface area contributed by atoms with Crippen LogP contribution in [-0.2, 0) is 0 Å². The van der Waals surface area contributed by atoms with Gasteiger partial charge in [-0.25, -0.2) is 9.97 Å². The van der Waals surface area contributed by atoms with E-state index in [2.05, 4.69) is 19.7 Å². The number of rotatable bonds is 3. The molecule has 0 bridgehead atoms. The van der Waals surface area contributed by atoms with Crippen molar-refractivity contribution in [3.63, 3.8) is 0 Å². The van der Waals surface area contributed by atoms with Gasteiger partial charge in [-0.3, -0.25) is 4.98 Å². The van der Waals surface area contributed by atoms with Crippen LogP contribution >= 0.6 is 0 Å². The molecule has 7 heteroatoms. The molecule has 0 unspecified atom stereocenters. The standard InChI is InChI=1S/C12H10F3N3O/c1-8-4-16-6-10(18-8)9-2-3-11(17-5-9)19-7-12(13,14)15/h2-6H,7H2,1H3. The highest BCUT2D eigenvalue weighted by Gasteiger charge is 2.28. The van der Waals surface area contributed by atoms with E-state index >= 15 is 0 Å². The molecule has 0 aliphatic heterocycles. The highest BCUT2D eigenvalue weighted by Crippen LogP contribution is 2.20. The van der Waals surface area contributed by atoms with E-state index < -0.39 is 12.8 Å². The molecular weight excluding hydrogens is 259 g/mol. The first kappa shape index (κ1) is 13.3. The number of ether oxygens (including phenoxy) is 1. The lowest BCUT2D eigenvalue weighted by atomic mass is 10.2. The van der Waals surface area contributed by atoms with E-state index in [1.807, 2.05) is 0 Å². The van der Waals surface area contributed by atoms with E-state index in [0.717, 1.165) is 5.69 Å². The first-order chi connectivity index (χ1) is 8.94. The molecular formula is C12H10F3N3O. The zero-order valence-corrected chi connectivity index (χ0v) is 9.98. The molecule has 0 saturated heterocycles. The van der Waals surface area contributed by atoms with Gasteiger partial charge in [0.2, 0.25) is 5.88 Å². The Labute approximate surface area is 107 Å². The van der Waals surface area contributed by atoms with Crippen LogP contribution < -0.4 is 4.74 Å². The third kappa shape index (κ3) is 3.90. The van der Waals surface area contributed by atoms with Crippen LogP contribution in [0.2, 0.25) is 0 Å². The Hall–Kier alpha value is -2.18. The van der Waals surface area contributed by atoms with Gasteiger partial charge in [-0.1, -0.05) is 0 Å². The average molecular weight is 269 g/mol. The maximum Gasteiger partial charge on any atom is 0.422 e. The Kier molecular flexibility index (Phi) is 3.64. The van der Waals surface area contributed by atoms with Gasteiger partial charge in [0.1, 0.15) is 0 Å². The van der Waals surface area contributed by atoms with Gasteiger partial charge in [0.15, 0.2) is 6.61 Å².